The lowest BCUT2D eigenvalue weighted by Gasteiger charge is -2.43. The molecule has 11 heteroatoms. The number of anilines is 2. The van der Waals surface area contributed by atoms with Crippen LogP contribution in [0.2, 0.25) is 5.02 Å². The highest BCUT2D eigenvalue weighted by Crippen LogP contribution is 2.30. The number of halogens is 1. The summed E-state index contributed by atoms with van der Waals surface area (Å²) in [6.07, 6.45) is 5.11. The Hall–Kier alpha value is -3.34. The fourth-order valence-corrected chi connectivity index (χ4v) is 8.15. The van der Waals surface area contributed by atoms with E-state index in [-0.39, 0.29) is 30.3 Å². The Bertz CT molecular complexity index is 1450. The predicted molar refractivity (Wildman–Crippen MR) is 186 cm³/mol. The summed E-state index contributed by atoms with van der Waals surface area (Å²) in [5.41, 5.74) is 10.7. The lowest BCUT2D eigenvalue weighted by atomic mass is 9.91. The minimum atomic E-state index is -0.483. The first-order valence-electron chi connectivity index (χ1n) is 17.4. The van der Waals surface area contributed by atoms with E-state index in [0.29, 0.717) is 68.7 Å². The number of hydrogen-bond acceptors (Lipinski definition) is 6. The zero-order valence-electron chi connectivity index (χ0n) is 27.9. The van der Waals surface area contributed by atoms with Crippen molar-refractivity contribution in [3.8, 4) is 0 Å². The molecule has 0 bridgehead atoms. The van der Waals surface area contributed by atoms with Gasteiger partial charge in [-0.15, -0.1) is 0 Å². The van der Waals surface area contributed by atoms with Crippen LogP contribution in [0, 0.1) is 5.92 Å². The smallest absolute Gasteiger partial charge is 0.322 e. The van der Waals surface area contributed by atoms with Crippen LogP contribution in [0.4, 0.5) is 16.2 Å². The van der Waals surface area contributed by atoms with Gasteiger partial charge in [-0.2, -0.15) is 0 Å². The number of benzene rings is 2. The van der Waals surface area contributed by atoms with Gasteiger partial charge in [0.15, 0.2) is 0 Å². The number of urea groups is 1. The molecule has 0 spiro atoms. The van der Waals surface area contributed by atoms with E-state index in [1.807, 2.05) is 58.0 Å². The van der Waals surface area contributed by atoms with E-state index in [1.165, 1.54) is 12.8 Å². The van der Waals surface area contributed by atoms with Gasteiger partial charge in [0.05, 0.1) is 16.6 Å². The second-order valence-electron chi connectivity index (χ2n) is 13.8. The van der Waals surface area contributed by atoms with Gasteiger partial charge in [-0.3, -0.25) is 14.5 Å². The van der Waals surface area contributed by atoms with Crippen LogP contribution in [0.1, 0.15) is 55.7 Å². The van der Waals surface area contributed by atoms with Gasteiger partial charge in [-0.1, -0.05) is 42.8 Å². The van der Waals surface area contributed by atoms with E-state index >= 15 is 0 Å². The van der Waals surface area contributed by atoms with Crippen LogP contribution >= 0.6 is 11.6 Å². The number of aryl methyl sites for hydroxylation is 1. The molecule has 4 amide bonds. The number of rotatable bonds is 8. The lowest BCUT2D eigenvalue weighted by Crippen LogP contribution is -2.55. The second-order valence-corrected chi connectivity index (χ2v) is 14.2. The van der Waals surface area contributed by atoms with Gasteiger partial charge in [0.1, 0.15) is 0 Å². The van der Waals surface area contributed by atoms with Crippen LogP contribution in [-0.2, 0) is 29.0 Å². The Labute approximate surface area is 284 Å². The number of carbonyl (C=O) groups is 3. The molecule has 0 radical (unpaired) electrons. The van der Waals surface area contributed by atoms with Crippen LogP contribution in [-0.4, -0.2) is 114 Å². The van der Waals surface area contributed by atoms with Crippen LogP contribution < -0.4 is 11.1 Å². The van der Waals surface area contributed by atoms with Gasteiger partial charge >= 0.3 is 6.03 Å². The maximum Gasteiger partial charge on any atom is 0.322 e. The third-order valence-corrected chi connectivity index (χ3v) is 11.2. The number of hydrogen-bond donors (Lipinski definition) is 2. The van der Waals surface area contributed by atoms with Gasteiger partial charge in [0, 0.05) is 70.0 Å². The zero-order chi connectivity index (χ0) is 33.1. The van der Waals surface area contributed by atoms with Crippen LogP contribution in [0.3, 0.4) is 0 Å². The van der Waals surface area contributed by atoms with Gasteiger partial charge < -0.3 is 30.7 Å². The monoisotopic (exact) mass is 663 g/mol. The Morgan fingerprint density at radius 3 is 2.32 bits per heavy atom. The first kappa shape index (κ1) is 33.6. The summed E-state index contributed by atoms with van der Waals surface area (Å²) in [6.45, 7) is 9.10. The summed E-state index contributed by atoms with van der Waals surface area (Å²) in [6, 6.07) is 12.4. The molecule has 6 rings (SSSR count). The molecular formula is C36H50ClN7O3. The van der Waals surface area contributed by atoms with E-state index in [9.17, 15) is 14.4 Å². The summed E-state index contributed by atoms with van der Waals surface area (Å²) in [7, 11) is 2.18. The van der Waals surface area contributed by atoms with E-state index < -0.39 is 5.92 Å². The quantitative estimate of drug-likeness (QED) is 0.408. The van der Waals surface area contributed by atoms with E-state index in [0.717, 1.165) is 55.0 Å². The number of piperazine rings is 1. The molecule has 3 N–H and O–H groups in total. The van der Waals surface area contributed by atoms with Crippen molar-refractivity contribution in [2.45, 2.75) is 70.5 Å². The van der Waals surface area contributed by atoms with E-state index in [2.05, 4.69) is 22.2 Å². The summed E-state index contributed by atoms with van der Waals surface area (Å²) < 4.78 is 0. The molecule has 3 saturated heterocycles. The number of nitrogens with zero attached hydrogens (tertiary/aromatic N) is 5. The number of carbonyl (C=O) groups excluding carboxylic acids is 3. The first-order valence-corrected chi connectivity index (χ1v) is 17.8. The van der Waals surface area contributed by atoms with E-state index in [1.54, 1.807) is 0 Å². The third kappa shape index (κ3) is 7.71. The maximum absolute atomic E-state index is 14.2. The summed E-state index contributed by atoms with van der Waals surface area (Å²) in [5.74, 6) is -0.438. The van der Waals surface area contributed by atoms with Crippen molar-refractivity contribution in [3.63, 3.8) is 0 Å². The average Bonchev–Trinajstić information content (AvgIpc) is 3.09. The largest absolute Gasteiger partial charge is 0.397 e. The van der Waals surface area contributed by atoms with Gasteiger partial charge in [0.2, 0.25) is 11.8 Å². The van der Waals surface area contributed by atoms with Gasteiger partial charge in [-0.05, 0) is 87.5 Å². The molecule has 0 saturated carbocycles. The predicted octanol–water partition coefficient (Wildman–Crippen LogP) is 4.31. The first-order chi connectivity index (χ1) is 22.7. The molecule has 10 nitrogen and oxygen atoms in total. The van der Waals surface area contributed by atoms with Crippen LogP contribution in [0.25, 0.3) is 0 Å². The number of nitrogens with one attached hydrogen (secondary N) is 1. The Kier molecular flexibility index (Phi) is 10.6. The van der Waals surface area contributed by atoms with Crippen molar-refractivity contribution >= 4 is 40.8 Å². The molecule has 0 aromatic heterocycles. The number of piperidine rings is 2. The summed E-state index contributed by atoms with van der Waals surface area (Å²) in [5, 5.41) is 3.51. The molecule has 1 atom stereocenters. The standard InChI is InChI=1S/C36H50ClN7O3/c1-3-26-20-25(22-31(37)34(26)38)21-28(35(46)43-18-16-41(17-19-43)29-8-12-40(2)13-9-29)23-33(45)42-14-10-30(11-15-42)44-24-27-6-4-5-7-32(27)39-36(44)47/h4-7,20,22,28-30H,3,8-19,21,23-24,38H2,1-2H3,(H,39,47)/t28-/m0/s1. The topological polar surface area (TPSA) is 105 Å². The Morgan fingerprint density at radius 1 is 0.936 bits per heavy atom. The van der Waals surface area contributed by atoms with Crippen LogP contribution in [0.5, 0.6) is 0 Å². The molecule has 4 heterocycles. The van der Waals surface area contributed by atoms with Crippen molar-refractivity contribution in [3.05, 3.63) is 58.1 Å². The fraction of sp³-hybridized carbons (Fsp3) is 0.583. The number of fused-ring (bicyclic) bond motifs is 1. The Morgan fingerprint density at radius 2 is 1.62 bits per heavy atom. The SMILES string of the molecule is CCc1cc(C[C@@H](CC(=O)N2CCC(N3Cc4ccccc4NC3=O)CC2)C(=O)N2CCN(C3CCN(C)CC3)CC2)cc(Cl)c1N. The lowest BCUT2D eigenvalue weighted by molar-refractivity contribution is -0.143. The highest BCUT2D eigenvalue weighted by molar-refractivity contribution is 6.33. The molecule has 3 fully saturated rings. The number of para-hydroxylation sites is 1. The van der Waals surface area contributed by atoms with Crippen molar-refractivity contribution in [2.24, 2.45) is 5.92 Å². The summed E-state index contributed by atoms with van der Waals surface area (Å²) >= 11 is 6.52. The highest BCUT2D eigenvalue weighted by atomic mass is 35.5. The minimum absolute atomic E-state index is 0.00235. The molecule has 47 heavy (non-hydrogen) atoms. The van der Waals surface area contributed by atoms with Crippen molar-refractivity contribution in [1.29, 1.82) is 0 Å². The molecule has 2 aromatic carbocycles. The number of nitrogen functional groups attached to an aromatic ring is 1. The minimum Gasteiger partial charge on any atom is -0.397 e. The highest BCUT2D eigenvalue weighted by Gasteiger charge is 2.36. The zero-order valence-corrected chi connectivity index (χ0v) is 28.7. The molecular weight excluding hydrogens is 614 g/mol. The second kappa shape index (κ2) is 14.8. The molecule has 4 aliphatic rings. The van der Waals surface area contributed by atoms with Gasteiger partial charge in [-0.25, -0.2) is 4.79 Å². The molecule has 2 aromatic rings. The maximum atomic E-state index is 14.2. The van der Waals surface area contributed by atoms with Crippen molar-refractivity contribution in [1.82, 2.24) is 24.5 Å². The third-order valence-electron chi connectivity index (χ3n) is 10.9. The number of nitrogens with two attached hydrogens (primary N) is 1. The average molecular weight is 664 g/mol. The normalized spacial score (nSPS) is 21.0. The Balaban J connectivity index is 1.10. The number of likely N-dealkylation sites (tertiary alicyclic amines) is 2. The van der Waals surface area contributed by atoms with Gasteiger partial charge in [0.25, 0.3) is 0 Å². The van der Waals surface area contributed by atoms with Crippen molar-refractivity contribution < 1.29 is 14.4 Å². The summed E-state index contributed by atoms with van der Waals surface area (Å²) in [4.78, 5) is 51.6. The number of amides is 4. The van der Waals surface area contributed by atoms with E-state index in [4.69, 9.17) is 17.3 Å². The molecule has 254 valence electrons. The molecule has 0 aliphatic carbocycles. The fourth-order valence-electron chi connectivity index (χ4n) is 7.89. The van der Waals surface area contributed by atoms with Crippen molar-refractivity contribution in [2.75, 3.05) is 70.5 Å². The van der Waals surface area contributed by atoms with Crippen LogP contribution in [0.15, 0.2) is 36.4 Å². The molecule has 0 unspecified atom stereocenters. The molecule has 4 aliphatic heterocycles.